The number of hydrogen-bond donors (Lipinski definition) is 1. The van der Waals surface area contributed by atoms with Crippen molar-refractivity contribution in [2.75, 3.05) is 24.5 Å². The van der Waals surface area contributed by atoms with Crippen LogP contribution >= 0.6 is 15.9 Å². The topological polar surface area (TPSA) is 69.3 Å². The fourth-order valence-corrected chi connectivity index (χ4v) is 4.36. The molecular weight excluding hydrogens is 384 g/mol. The molecule has 4 rings (SSSR count). The van der Waals surface area contributed by atoms with Crippen LogP contribution in [0, 0.1) is 0 Å². The third-order valence-electron chi connectivity index (χ3n) is 5.28. The number of H-pyrrole nitrogens is 1. The summed E-state index contributed by atoms with van der Waals surface area (Å²) < 4.78 is 0.995. The molecule has 1 fully saturated rings. The minimum Gasteiger partial charge on any atom is -0.342 e. The van der Waals surface area contributed by atoms with Gasteiger partial charge in [-0.05, 0) is 36.2 Å². The van der Waals surface area contributed by atoms with Crippen molar-refractivity contribution in [2.24, 2.45) is 0 Å². The van der Waals surface area contributed by atoms with E-state index in [2.05, 4.69) is 32.2 Å². The molecule has 2 aliphatic rings. The molecule has 1 aromatic carbocycles. The largest absolute Gasteiger partial charge is 0.342 e. The maximum atomic E-state index is 12.9. The summed E-state index contributed by atoms with van der Waals surface area (Å²) in [5.74, 6) is 0.140. The average molecular weight is 403 g/mol. The van der Waals surface area contributed by atoms with Gasteiger partial charge in [0.05, 0.1) is 6.42 Å². The SMILES string of the molecule is CC(=O)N1CCC2(C1)CN(C(=O)Cc1ccn[nH]1)c1ccc(Br)cc12. The lowest BCUT2D eigenvalue weighted by Gasteiger charge is -2.25. The number of carbonyl (C=O) groups excluding carboxylic acids is 2. The Morgan fingerprint density at radius 3 is 2.84 bits per heavy atom. The van der Waals surface area contributed by atoms with Crippen LogP contribution in [0.2, 0.25) is 0 Å². The normalized spacial score (nSPS) is 21.8. The van der Waals surface area contributed by atoms with Gasteiger partial charge in [-0.25, -0.2) is 0 Å². The first-order chi connectivity index (χ1) is 12.0. The average Bonchev–Trinajstić information content (AvgIpc) is 3.28. The maximum Gasteiger partial charge on any atom is 0.233 e. The molecule has 6 nitrogen and oxygen atoms in total. The Kier molecular flexibility index (Phi) is 3.91. The predicted molar refractivity (Wildman–Crippen MR) is 97.3 cm³/mol. The molecule has 2 amide bonds. The number of likely N-dealkylation sites (tertiary alicyclic amines) is 1. The van der Waals surface area contributed by atoms with Crippen molar-refractivity contribution in [1.82, 2.24) is 15.1 Å². The minimum absolute atomic E-state index is 0.0472. The molecule has 2 aromatic rings. The van der Waals surface area contributed by atoms with Crippen molar-refractivity contribution >= 4 is 33.4 Å². The number of aromatic nitrogens is 2. The first kappa shape index (κ1) is 16.3. The van der Waals surface area contributed by atoms with Crippen LogP contribution < -0.4 is 4.90 Å². The Morgan fingerprint density at radius 2 is 2.16 bits per heavy atom. The van der Waals surface area contributed by atoms with Crippen LogP contribution in [0.15, 0.2) is 34.9 Å². The highest BCUT2D eigenvalue weighted by Gasteiger charge is 2.49. The van der Waals surface area contributed by atoms with Gasteiger partial charge in [0.15, 0.2) is 0 Å². The molecule has 0 saturated carbocycles. The minimum atomic E-state index is -0.172. The molecule has 1 aromatic heterocycles. The van der Waals surface area contributed by atoms with Gasteiger partial charge in [0.25, 0.3) is 0 Å². The summed E-state index contributed by atoms with van der Waals surface area (Å²) in [7, 11) is 0. The van der Waals surface area contributed by atoms with E-state index in [0.717, 1.165) is 34.4 Å². The molecule has 1 unspecified atom stereocenters. The van der Waals surface area contributed by atoms with E-state index in [4.69, 9.17) is 0 Å². The zero-order valence-electron chi connectivity index (χ0n) is 14.0. The van der Waals surface area contributed by atoms with Crippen LogP contribution in [0.3, 0.4) is 0 Å². The van der Waals surface area contributed by atoms with Gasteiger partial charge in [0.1, 0.15) is 0 Å². The molecule has 0 aliphatic carbocycles. The number of benzene rings is 1. The first-order valence-corrected chi connectivity index (χ1v) is 9.12. The second kappa shape index (κ2) is 5.98. The van der Waals surface area contributed by atoms with E-state index in [1.165, 1.54) is 0 Å². The van der Waals surface area contributed by atoms with E-state index in [0.29, 0.717) is 19.5 Å². The van der Waals surface area contributed by atoms with E-state index in [1.54, 1.807) is 13.1 Å². The van der Waals surface area contributed by atoms with Gasteiger partial charge in [-0.1, -0.05) is 15.9 Å². The quantitative estimate of drug-likeness (QED) is 0.837. The smallest absolute Gasteiger partial charge is 0.233 e. The number of amides is 2. The van der Waals surface area contributed by atoms with Gasteiger partial charge >= 0.3 is 0 Å². The van der Waals surface area contributed by atoms with Crippen LogP contribution in [-0.4, -0.2) is 46.5 Å². The zero-order valence-corrected chi connectivity index (χ0v) is 15.5. The first-order valence-electron chi connectivity index (χ1n) is 8.33. The van der Waals surface area contributed by atoms with Crippen LogP contribution in [0.5, 0.6) is 0 Å². The second-order valence-electron chi connectivity index (χ2n) is 6.87. The highest BCUT2D eigenvalue weighted by Crippen LogP contribution is 2.47. The third kappa shape index (κ3) is 2.76. The van der Waals surface area contributed by atoms with Crippen molar-refractivity contribution in [3.8, 4) is 0 Å². The monoisotopic (exact) mass is 402 g/mol. The lowest BCUT2D eigenvalue weighted by atomic mass is 9.81. The van der Waals surface area contributed by atoms with Crippen LogP contribution in [0.25, 0.3) is 0 Å². The number of carbonyl (C=O) groups is 2. The van der Waals surface area contributed by atoms with Crippen molar-refractivity contribution in [3.05, 3.63) is 46.2 Å². The molecule has 25 heavy (non-hydrogen) atoms. The predicted octanol–water partition coefficient (Wildman–Crippen LogP) is 2.25. The highest BCUT2D eigenvalue weighted by molar-refractivity contribution is 9.10. The fraction of sp³-hybridized carbons (Fsp3) is 0.389. The standard InChI is InChI=1S/C18H19BrN4O2/c1-12(24)22-7-5-18(10-22)11-23(16-3-2-13(19)8-15(16)18)17(25)9-14-4-6-20-21-14/h2-4,6,8H,5,7,9-11H2,1H3,(H,20,21). The number of hydrogen-bond acceptors (Lipinski definition) is 3. The molecule has 1 spiro atoms. The summed E-state index contributed by atoms with van der Waals surface area (Å²) >= 11 is 3.55. The van der Waals surface area contributed by atoms with Gasteiger partial charge in [0, 0.05) is 54.0 Å². The fourth-order valence-electron chi connectivity index (χ4n) is 4.00. The van der Waals surface area contributed by atoms with E-state index in [1.807, 2.05) is 28.0 Å². The number of anilines is 1. The summed E-state index contributed by atoms with van der Waals surface area (Å²) in [6.07, 6.45) is 2.83. The molecule has 3 heterocycles. The zero-order chi connectivity index (χ0) is 17.6. The Bertz CT molecular complexity index is 836. The number of rotatable bonds is 2. The van der Waals surface area contributed by atoms with Gasteiger partial charge in [-0.2, -0.15) is 5.10 Å². The Labute approximate surface area is 154 Å². The van der Waals surface area contributed by atoms with E-state index in [-0.39, 0.29) is 17.2 Å². The molecule has 0 bridgehead atoms. The lowest BCUT2D eigenvalue weighted by molar-refractivity contribution is -0.127. The molecule has 130 valence electrons. The molecule has 1 atom stereocenters. The maximum absolute atomic E-state index is 12.9. The van der Waals surface area contributed by atoms with Gasteiger partial charge in [0.2, 0.25) is 11.8 Å². The van der Waals surface area contributed by atoms with Crippen molar-refractivity contribution in [1.29, 1.82) is 0 Å². The number of nitrogens with zero attached hydrogens (tertiary/aromatic N) is 3. The Hall–Kier alpha value is -2.15. The number of aromatic amines is 1. The van der Waals surface area contributed by atoms with E-state index < -0.39 is 0 Å². The van der Waals surface area contributed by atoms with Crippen LogP contribution in [0.4, 0.5) is 5.69 Å². The number of nitrogens with one attached hydrogen (secondary N) is 1. The van der Waals surface area contributed by atoms with Gasteiger partial charge < -0.3 is 9.80 Å². The summed E-state index contributed by atoms with van der Waals surface area (Å²) in [4.78, 5) is 28.5. The summed E-state index contributed by atoms with van der Waals surface area (Å²) in [6, 6.07) is 7.88. The molecular formula is C18H19BrN4O2. The highest BCUT2D eigenvalue weighted by atomic mass is 79.9. The third-order valence-corrected chi connectivity index (χ3v) is 5.78. The summed E-state index contributed by atoms with van der Waals surface area (Å²) in [6.45, 7) is 3.63. The van der Waals surface area contributed by atoms with Crippen LogP contribution in [0.1, 0.15) is 24.6 Å². The van der Waals surface area contributed by atoms with Crippen molar-refractivity contribution in [3.63, 3.8) is 0 Å². The summed E-state index contributed by atoms with van der Waals surface area (Å²) in [5, 5.41) is 6.76. The van der Waals surface area contributed by atoms with Gasteiger partial charge in [-0.15, -0.1) is 0 Å². The van der Waals surface area contributed by atoms with Crippen molar-refractivity contribution in [2.45, 2.75) is 25.2 Å². The molecule has 2 aliphatic heterocycles. The molecule has 0 radical (unpaired) electrons. The van der Waals surface area contributed by atoms with Crippen molar-refractivity contribution < 1.29 is 9.59 Å². The Balaban J connectivity index is 1.68. The van der Waals surface area contributed by atoms with Gasteiger partial charge in [-0.3, -0.25) is 14.7 Å². The second-order valence-corrected chi connectivity index (χ2v) is 7.79. The molecule has 1 saturated heterocycles. The Morgan fingerprint density at radius 1 is 1.32 bits per heavy atom. The van der Waals surface area contributed by atoms with E-state index in [9.17, 15) is 9.59 Å². The molecule has 1 N–H and O–H groups in total. The summed E-state index contributed by atoms with van der Waals surface area (Å²) in [5.41, 5.74) is 2.75. The number of halogens is 1. The van der Waals surface area contributed by atoms with Crippen LogP contribution in [-0.2, 0) is 21.4 Å². The lowest BCUT2D eigenvalue weighted by Crippen LogP contribution is -2.40. The number of fused-ring (bicyclic) bond motifs is 2. The van der Waals surface area contributed by atoms with E-state index >= 15 is 0 Å². The molecule has 7 heteroatoms.